The van der Waals surface area contributed by atoms with E-state index in [1.807, 2.05) is 11.0 Å². The summed E-state index contributed by atoms with van der Waals surface area (Å²) < 4.78 is 21.0. The Kier molecular flexibility index (Phi) is 6.66. The number of pyridine rings is 1. The number of anilines is 2. The van der Waals surface area contributed by atoms with Crippen molar-refractivity contribution in [3.63, 3.8) is 0 Å². The van der Waals surface area contributed by atoms with Gasteiger partial charge in [-0.1, -0.05) is 6.07 Å². The van der Waals surface area contributed by atoms with Crippen molar-refractivity contribution in [3.8, 4) is 22.6 Å². The number of piperidine rings is 1. The van der Waals surface area contributed by atoms with E-state index in [1.165, 1.54) is 12.5 Å². The molecule has 4 heterocycles. The third kappa shape index (κ3) is 4.93. The summed E-state index contributed by atoms with van der Waals surface area (Å²) in [4.78, 5) is 30.1. The van der Waals surface area contributed by atoms with Crippen molar-refractivity contribution < 1.29 is 13.9 Å². The maximum atomic E-state index is 15.1. The van der Waals surface area contributed by atoms with Gasteiger partial charge >= 0.3 is 0 Å². The number of halogens is 1. The Balaban J connectivity index is 1.35. The Morgan fingerprint density at radius 1 is 1.08 bits per heavy atom. The second-order valence-electron chi connectivity index (χ2n) is 8.88. The zero-order chi connectivity index (χ0) is 25.1. The van der Waals surface area contributed by atoms with E-state index in [1.54, 1.807) is 30.6 Å². The topological polar surface area (TPSA) is 136 Å². The lowest BCUT2D eigenvalue weighted by Crippen LogP contribution is -2.35. The van der Waals surface area contributed by atoms with Crippen LogP contribution in [-0.4, -0.2) is 43.8 Å². The van der Waals surface area contributed by atoms with Crippen molar-refractivity contribution in [3.05, 3.63) is 54.2 Å². The number of H-pyrrole nitrogens is 1. The highest BCUT2D eigenvalue weighted by molar-refractivity contribution is 5.83. The number of aromatic nitrogens is 4. The smallest absolute Gasteiger partial charge is 0.222 e. The highest BCUT2D eigenvalue weighted by atomic mass is 19.1. The van der Waals surface area contributed by atoms with E-state index in [4.69, 9.17) is 16.2 Å². The fraction of sp³-hybridized carbons (Fsp3) is 0.308. The van der Waals surface area contributed by atoms with Gasteiger partial charge in [-0.25, -0.2) is 14.4 Å². The number of nitrogens with zero attached hydrogens (tertiary/aromatic N) is 4. The Morgan fingerprint density at radius 3 is 2.72 bits per heavy atom. The summed E-state index contributed by atoms with van der Waals surface area (Å²) in [5, 5.41) is 0.749. The van der Waals surface area contributed by atoms with E-state index in [9.17, 15) is 4.79 Å². The summed E-state index contributed by atoms with van der Waals surface area (Å²) in [5.74, 6) is 0.346. The second kappa shape index (κ2) is 10.2. The minimum atomic E-state index is -0.560. The number of rotatable bonds is 7. The fourth-order valence-corrected chi connectivity index (χ4v) is 4.63. The Labute approximate surface area is 207 Å². The molecule has 3 aromatic heterocycles. The number of carbonyl (C=O) groups excluding carboxylic acids is 1. The van der Waals surface area contributed by atoms with Crippen molar-refractivity contribution in [1.29, 1.82) is 0 Å². The van der Waals surface area contributed by atoms with Crippen LogP contribution < -0.4 is 16.2 Å². The van der Waals surface area contributed by atoms with Gasteiger partial charge in [0.15, 0.2) is 11.6 Å². The molecule has 186 valence electrons. The van der Waals surface area contributed by atoms with Crippen molar-refractivity contribution in [1.82, 2.24) is 24.8 Å². The van der Waals surface area contributed by atoms with Crippen molar-refractivity contribution in [2.24, 2.45) is 0 Å². The number of hydrogen-bond donors (Lipinski definition) is 3. The number of hydrogen-bond acceptors (Lipinski definition) is 7. The van der Waals surface area contributed by atoms with Crippen LogP contribution in [0.2, 0.25) is 0 Å². The van der Waals surface area contributed by atoms with E-state index < -0.39 is 5.82 Å². The summed E-state index contributed by atoms with van der Waals surface area (Å²) in [7, 11) is 0. The first kappa shape index (κ1) is 23.5. The number of amides is 1. The lowest BCUT2D eigenvalue weighted by Gasteiger charge is -2.26. The number of aryl methyl sites for hydroxylation is 1. The standard InChI is InChI=1S/C26H28FN7O2/c27-18-15-16(7-8-21(18)36-20-10-12-31-25-17(20)9-11-30-25)23-19(32-26(29)33-24(23)28)5-4-6-22(35)34-13-2-1-3-14-34/h7-12,15H,1-6,13-14H2,(H,30,31)(H4,28,29,32,33). The molecule has 1 fully saturated rings. The number of ether oxygens (including phenoxy) is 1. The van der Waals surface area contributed by atoms with E-state index in [-0.39, 0.29) is 23.4 Å². The van der Waals surface area contributed by atoms with Gasteiger partial charge in [0.25, 0.3) is 0 Å². The highest BCUT2D eigenvalue weighted by Crippen LogP contribution is 2.35. The van der Waals surface area contributed by atoms with Crippen LogP contribution in [0.25, 0.3) is 22.2 Å². The molecule has 0 spiro atoms. The molecule has 0 saturated carbocycles. The molecular formula is C26H28FN7O2. The van der Waals surface area contributed by atoms with Crippen LogP contribution in [0.1, 0.15) is 37.8 Å². The summed E-state index contributed by atoms with van der Waals surface area (Å²) in [6.07, 6.45) is 8.07. The first-order valence-electron chi connectivity index (χ1n) is 12.1. The molecule has 9 nitrogen and oxygen atoms in total. The fourth-order valence-electron chi connectivity index (χ4n) is 4.63. The summed E-state index contributed by atoms with van der Waals surface area (Å²) in [6.45, 7) is 1.64. The molecule has 5 rings (SSSR count). The average molecular weight is 490 g/mol. The predicted molar refractivity (Wildman–Crippen MR) is 136 cm³/mol. The van der Waals surface area contributed by atoms with Gasteiger partial charge < -0.3 is 26.1 Å². The molecule has 36 heavy (non-hydrogen) atoms. The summed E-state index contributed by atoms with van der Waals surface area (Å²) in [6, 6.07) is 8.10. The van der Waals surface area contributed by atoms with E-state index >= 15 is 4.39 Å². The van der Waals surface area contributed by atoms with Crippen molar-refractivity contribution in [2.75, 3.05) is 24.6 Å². The van der Waals surface area contributed by atoms with E-state index in [0.29, 0.717) is 47.5 Å². The summed E-state index contributed by atoms with van der Waals surface area (Å²) >= 11 is 0. The average Bonchev–Trinajstić information content (AvgIpc) is 3.35. The molecule has 1 aliphatic heterocycles. The van der Waals surface area contributed by atoms with E-state index in [2.05, 4.69) is 19.9 Å². The molecule has 1 saturated heterocycles. The third-order valence-corrected chi connectivity index (χ3v) is 6.40. The number of nitrogens with one attached hydrogen (secondary N) is 1. The first-order chi connectivity index (χ1) is 17.5. The first-order valence-corrected chi connectivity index (χ1v) is 12.1. The molecule has 1 aromatic carbocycles. The lowest BCUT2D eigenvalue weighted by molar-refractivity contribution is -0.132. The maximum Gasteiger partial charge on any atom is 0.222 e. The molecule has 0 bridgehead atoms. The number of likely N-dealkylation sites (tertiary alicyclic amines) is 1. The number of nitrogen functional groups attached to an aromatic ring is 2. The van der Waals surface area contributed by atoms with Gasteiger partial charge in [-0.15, -0.1) is 0 Å². The van der Waals surface area contributed by atoms with Crippen LogP contribution in [0.5, 0.6) is 11.5 Å². The third-order valence-electron chi connectivity index (χ3n) is 6.40. The Hall–Kier alpha value is -4.21. The number of fused-ring (bicyclic) bond motifs is 1. The lowest BCUT2D eigenvalue weighted by atomic mass is 10.0. The molecule has 0 unspecified atom stereocenters. The largest absolute Gasteiger partial charge is 0.453 e. The van der Waals surface area contributed by atoms with Crippen LogP contribution in [0, 0.1) is 5.82 Å². The van der Waals surface area contributed by atoms with Gasteiger partial charge in [0.2, 0.25) is 11.9 Å². The molecule has 10 heteroatoms. The zero-order valence-electron chi connectivity index (χ0n) is 19.8. The number of nitrogens with two attached hydrogens (primary N) is 2. The van der Waals surface area contributed by atoms with Gasteiger partial charge in [-0.3, -0.25) is 4.79 Å². The van der Waals surface area contributed by atoms with Gasteiger partial charge in [-0.05, 0) is 61.9 Å². The normalized spacial score (nSPS) is 13.8. The molecule has 1 amide bonds. The minimum Gasteiger partial charge on any atom is -0.453 e. The van der Waals surface area contributed by atoms with Crippen molar-refractivity contribution in [2.45, 2.75) is 38.5 Å². The maximum absolute atomic E-state index is 15.1. The van der Waals surface area contributed by atoms with E-state index in [0.717, 1.165) is 31.3 Å². The minimum absolute atomic E-state index is 0.0437. The summed E-state index contributed by atoms with van der Waals surface area (Å²) in [5.41, 5.74) is 14.3. The van der Waals surface area contributed by atoms with Crippen LogP contribution in [0.15, 0.2) is 42.7 Å². The quantitative estimate of drug-likeness (QED) is 0.349. The van der Waals surface area contributed by atoms with Gasteiger partial charge in [-0.2, -0.15) is 4.98 Å². The number of carbonyl (C=O) groups is 1. The Bertz CT molecular complexity index is 1400. The van der Waals surface area contributed by atoms with Gasteiger partial charge in [0.05, 0.1) is 11.1 Å². The number of benzene rings is 1. The predicted octanol–water partition coefficient (Wildman–Crippen LogP) is 4.45. The van der Waals surface area contributed by atoms with Crippen LogP contribution in [0.3, 0.4) is 0 Å². The molecule has 1 aliphatic rings. The molecule has 0 radical (unpaired) electrons. The zero-order valence-corrected chi connectivity index (χ0v) is 19.8. The Morgan fingerprint density at radius 2 is 1.92 bits per heavy atom. The van der Waals surface area contributed by atoms with Crippen LogP contribution >= 0.6 is 0 Å². The molecule has 4 aromatic rings. The molecular weight excluding hydrogens is 461 g/mol. The molecule has 5 N–H and O–H groups in total. The SMILES string of the molecule is Nc1nc(N)c(-c2ccc(Oc3ccnc4[nH]ccc34)c(F)c2)c(CCCC(=O)N2CCCCC2)n1. The number of aromatic amines is 1. The van der Waals surface area contributed by atoms with Crippen LogP contribution in [-0.2, 0) is 11.2 Å². The monoisotopic (exact) mass is 489 g/mol. The second-order valence-corrected chi connectivity index (χ2v) is 8.88. The highest BCUT2D eigenvalue weighted by Gasteiger charge is 2.19. The molecule has 0 aliphatic carbocycles. The molecule has 0 atom stereocenters. The van der Waals surface area contributed by atoms with Crippen LogP contribution in [0.4, 0.5) is 16.2 Å². The van der Waals surface area contributed by atoms with Crippen molar-refractivity contribution >= 4 is 28.7 Å². The van der Waals surface area contributed by atoms with Gasteiger partial charge in [0, 0.05) is 37.5 Å². The van der Waals surface area contributed by atoms with Gasteiger partial charge in [0.1, 0.15) is 17.2 Å².